The van der Waals surface area contributed by atoms with Crippen LogP contribution in [0.1, 0.15) is 18.5 Å². The Bertz CT molecular complexity index is 722. The van der Waals surface area contributed by atoms with Gasteiger partial charge in [-0.25, -0.2) is 4.39 Å². The van der Waals surface area contributed by atoms with Gasteiger partial charge in [0.2, 0.25) is 0 Å². The standard InChI is InChI=1S/C17H15FN2/c1-12(13-4-6-15(18)7-5-13)20-16-8-9-17-14(11-16)3-2-10-19-17/h2-12,20H,1H3. The molecule has 1 atom stereocenters. The molecular weight excluding hydrogens is 251 g/mol. The zero-order chi connectivity index (χ0) is 13.9. The topological polar surface area (TPSA) is 24.9 Å². The highest BCUT2D eigenvalue weighted by molar-refractivity contribution is 5.82. The largest absolute Gasteiger partial charge is 0.379 e. The molecule has 1 aromatic heterocycles. The van der Waals surface area contributed by atoms with E-state index in [0.29, 0.717) is 0 Å². The molecular formula is C17H15FN2. The van der Waals surface area contributed by atoms with Crippen LogP contribution in [0, 0.1) is 5.82 Å². The smallest absolute Gasteiger partial charge is 0.123 e. The zero-order valence-electron chi connectivity index (χ0n) is 11.2. The van der Waals surface area contributed by atoms with E-state index in [4.69, 9.17) is 0 Å². The van der Waals surface area contributed by atoms with Crippen LogP contribution in [0.4, 0.5) is 10.1 Å². The summed E-state index contributed by atoms with van der Waals surface area (Å²) in [6.07, 6.45) is 1.79. The first-order valence-electron chi connectivity index (χ1n) is 6.59. The number of nitrogens with zero attached hydrogens (tertiary/aromatic N) is 1. The van der Waals surface area contributed by atoms with Gasteiger partial charge in [0.05, 0.1) is 5.52 Å². The van der Waals surface area contributed by atoms with Crippen LogP contribution in [0.25, 0.3) is 10.9 Å². The molecule has 3 rings (SSSR count). The SMILES string of the molecule is CC(Nc1ccc2ncccc2c1)c1ccc(F)cc1. The van der Waals surface area contributed by atoms with Crippen LogP contribution in [0.3, 0.4) is 0 Å². The number of hydrogen-bond donors (Lipinski definition) is 1. The van der Waals surface area contributed by atoms with E-state index in [-0.39, 0.29) is 11.9 Å². The minimum Gasteiger partial charge on any atom is -0.379 e. The molecule has 0 saturated heterocycles. The number of rotatable bonds is 3. The fourth-order valence-electron chi connectivity index (χ4n) is 2.25. The second kappa shape index (κ2) is 5.29. The van der Waals surface area contributed by atoms with Crippen LogP contribution in [0.2, 0.25) is 0 Å². The molecule has 100 valence electrons. The summed E-state index contributed by atoms with van der Waals surface area (Å²) >= 11 is 0. The van der Waals surface area contributed by atoms with E-state index in [9.17, 15) is 4.39 Å². The van der Waals surface area contributed by atoms with Crippen molar-refractivity contribution in [2.24, 2.45) is 0 Å². The predicted octanol–water partition coefficient (Wildman–Crippen LogP) is 4.55. The van der Waals surface area contributed by atoms with E-state index in [1.165, 1.54) is 12.1 Å². The van der Waals surface area contributed by atoms with Crippen molar-refractivity contribution in [3.05, 3.63) is 72.2 Å². The maximum Gasteiger partial charge on any atom is 0.123 e. The quantitative estimate of drug-likeness (QED) is 0.752. The molecule has 1 N–H and O–H groups in total. The Kier molecular flexibility index (Phi) is 3.33. The Balaban J connectivity index is 1.83. The average molecular weight is 266 g/mol. The monoisotopic (exact) mass is 266 g/mol. The van der Waals surface area contributed by atoms with Crippen LogP contribution in [-0.2, 0) is 0 Å². The number of anilines is 1. The number of hydrogen-bond acceptors (Lipinski definition) is 2. The number of benzene rings is 2. The molecule has 3 heteroatoms. The summed E-state index contributed by atoms with van der Waals surface area (Å²) in [6.45, 7) is 2.06. The summed E-state index contributed by atoms with van der Waals surface area (Å²) in [7, 11) is 0. The molecule has 0 saturated carbocycles. The first-order chi connectivity index (χ1) is 9.72. The van der Waals surface area contributed by atoms with Crippen molar-refractivity contribution in [2.75, 3.05) is 5.32 Å². The van der Waals surface area contributed by atoms with Gasteiger partial charge < -0.3 is 5.32 Å². The van der Waals surface area contributed by atoms with Crippen molar-refractivity contribution in [3.63, 3.8) is 0 Å². The molecule has 2 aromatic carbocycles. The van der Waals surface area contributed by atoms with Gasteiger partial charge in [-0.15, -0.1) is 0 Å². The van der Waals surface area contributed by atoms with Gasteiger partial charge in [0.1, 0.15) is 5.82 Å². The second-order valence-electron chi connectivity index (χ2n) is 4.83. The Morgan fingerprint density at radius 2 is 1.85 bits per heavy atom. The van der Waals surface area contributed by atoms with E-state index in [0.717, 1.165) is 22.2 Å². The minimum absolute atomic E-state index is 0.115. The predicted molar refractivity (Wildman–Crippen MR) is 80.2 cm³/mol. The lowest BCUT2D eigenvalue weighted by Gasteiger charge is -2.16. The zero-order valence-corrected chi connectivity index (χ0v) is 11.2. The third-order valence-electron chi connectivity index (χ3n) is 3.36. The van der Waals surface area contributed by atoms with Gasteiger partial charge in [0, 0.05) is 23.3 Å². The van der Waals surface area contributed by atoms with Crippen molar-refractivity contribution >= 4 is 16.6 Å². The highest BCUT2D eigenvalue weighted by Crippen LogP contribution is 2.22. The maximum absolute atomic E-state index is 12.9. The summed E-state index contributed by atoms with van der Waals surface area (Å²) in [4.78, 5) is 4.30. The molecule has 0 aliphatic carbocycles. The fraction of sp³-hybridized carbons (Fsp3) is 0.118. The molecule has 3 aromatic rings. The summed E-state index contributed by atoms with van der Waals surface area (Å²) in [5, 5.41) is 4.52. The summed E-state index contributed by atoms with van der Waals surface area (Å²) in [5.41, 5.74) is 3.06. The van der Waals surface area contributed by atoms with Gasteiger partial charge in [-0.3, -0.25) is 4.98 Å². The van der Waals surface area contributed by atoms with E-state index < -0.39 is 0 Å². The van der Waals surface area contributed by atoms with Gasteiger partial charge in [-0.05, 0) is 48.9 Å². The van der Waals surface area contributed by atoms with Crippen LogP contribution in [0.15, 0.2) is 60.8 Å². The third kappa shape index (κ3) is 2.62. The lowest BCUT2D eigenvalue weighted by molar-refractivity contribution is 0.626. The van der Waals surface area contributed by atoms with Crippen molar-refractivity contribution in [1.82, 2.24) is 4.98 Å². The van der Waals surface area contributed by atoms with Crippen LogP contribution >= 0.6 is 0 Å². The highest BCUT2D eigenvalue weighted by atomic mass is 19.1. The van der Waals surface area contributed by atoms with Crippen LogP contribution < -0.4 is 5.32 Å². The first-order valence-corrected chi connectivity index (χ1v) is 6.59. The molecule has 0 aliphatic heterocycles. The molecule has 0 fully saturated rings. The van der Waals surface area contributed by atoms with Crippen molar-refractivity contribution in [3.8, 4) is 0 Å². The minimum atomic E-state index is -0.210. The molecule has 0 bridgehead atoms. The van der Waals surface area contributed by atoms with Gasteiger partial charge in [0.25, 0.3) is 0 Å². The Morgan fingerprint density at radius 3 is 2.65 bits per heavy atom. The molecule has 0 aliphatic rings. The molecule has 0 spiro atoms. The van der Waals surface area contributed by atoms with Gasteiger partial charge in [0.15, 0.2) is 0 Å². The van der Waals surface area contributed by atoms with E-state index in [2.05, 4.69) is 23.3 Å². The van der Waals surface area contributed by atoms with Gasteiger partial charge >= 0.3 is 0 Å². The van der Waals surface area contributed by atoms with Crippen molar-refractivity contribution < 1.29 is 4.39 Å². The number of fused-ring (bicyclic) bond motifs is 1. The number of pyridine rings is 1. The Hall–Kier alpha value is -2.42. The summed E-state index contributed by atoms with van der Waals surface area (Å²) in [6, 6.07) is 16.7. The number of aromatic nitrogens is 1. The normalized spacial score (nSPS) is 12.3. The second-order valence-corrected chi connectivity index (χ2v) is 4.83. The lowest BCUT2D eigenvalue weighted by atomic mass is 10.1. The first kappa shape index (κ1) is 12.6. The van der Waals surface area contributed by atoms with Crippen molar-refractivity contribution in [1.29, 1.82) is 0 Å². The van der Waals surface area contributed by atoms with E-state index in [1.807, 2.05) is 24.3 Å². The molecule has 2 nitrogen and oxygen atoms in total. The van der Waals surface area contributed by atoms with E-state index >= 15 is 0 Å². The molecule has 1 heterocycles. The molecule has 0 amide bonds. The Labute approximate surface area is 117 Å². The van der Waals surface area contributed by atoms with E-state index in [1.54, 1.807) is 18.3 Å². The van der Waals surface area contributed by atoms with Crippen LogP contribution in [-0.4, -0.2) is 4.98 Å². The third-order valence-corrected chi connectivity index (χ3v) is 3.36. The molecule has 1 unspecified atom stereocenters. The molecule has 0 radical (unpaired) electrons. The lowest BCUT2D eigenvalue weighted by Crippen LogP contribution is -2.06. The summed E-state index contributed by atoms with van der Waals surface area (Å²) in [5.74, 6) is -0.210. The fourth-order valence-corrected chi connectivity index (χ4v) is 2.25. The van der Waals surface area contributed by atoms with Crippen LogP contribution in [0.5, 0.6) is 0 Å². The summed E-state index contributed by atoms with van der Waals surface area (Å²) < 4.78 is 12.9. The highest BCUT2D eigenvalue weighted by Gasteiger charge is 2.06. The maximum atomic E-state index is 12.9. The Morgan fingerprint density at radius 1 is 1.05 bits per heavy atom. The van der Waals surface area contributed by atoms with Crippen molar-refractivity contribution in [2.45, 2.75) is 13.0 Å². The van der Waals surface area contributed by atoms with Gasteiger partial charge in [-0.2, -0.15) is 0 Å². The number of halogens is 1. The molecule has 20 heavy (non-hydrogen) atoms. The van der Waals surface area contributed by atoms with Gasteiger partial charge in [-0.1, -0.05) is 18.2 Å². The number of nitrogens with one attached hydrogen (secondary N) is 1. The average Bonchev–Trinajstić information content (AvgIpc) is 2.48.